The van der Waals surface area contributed by atoms with E-state index in [1.54, 1.807) is 12.1 Å². The first-order valence-electron chi connectivity index (χ1n) is 5.35. The molecule has 0 aliphatic rings. The van der Waals surface area contributed by atoms with Gasteiger partial charge in [0.05, 0.1) is 5.56 Å². The fourth-order valence-electron chi connectivity index (χ4n) is 1.11. The standard InChI is InChI=1S/C14H16O3/c1-14(2,3)9-4-10-17-12-7-5-11(6-8-12)13(15)16/h5-8H,10H2,1-3H3,(H,15,16). The van der Waals surface area contributed by atoms with Crippen LogP contribution in [0.3, 0.4) is 0 Å². The van der Waals surface area contributed by atoms with Crippen LogP contribution in [0, 0.1) is 17.3 Å². The van der Waals surface area contributed by atoms with Crippen molar-refractivity contribution in [1.29, 1.82) is 0 Å². The van der Waals surface area contributed by atoms with Crippen molar-refractivity contribution in [2.45, 2.75) is 20.8 Å². The Bertz CT molecular complexity index is 441. The number of hydrogen-bond acceptors (Lipinski definition) is 2. The summed E-state index contributed by atoms with van der Waals surface area (Å²) in [5.41, 5.74) is 0.217. The highest BCUT2D eigenvalue weighted by atomic mass is 16.5. The van der Waals surface area contributed by atoms with Crippen LogP contribution in [0.1, 0.15) is 31.1 Å². The molecule has 0 radical (unpaired) electrons. The van der Waals surface area contributed by atoms with Crippen molar-refractivity contribution in [3.8, 4) is 17.6 Å². The molecule has 3 heteroatoms. The van der Waals surface area contributed by atoms with Gasteiger partial charge in [0.25, 0.3) is 0 Å². The Labute approximate surface area is 101 Å². The molecule has 1 aromatic rings. The molecular formula is C14H16O3. The lowest BCUT2D eigenvalue weighted by Crippen LogP contribution is -2.02. The molecule has 0 atom stereocenters. The molecule has 3 nitrogen and oxygen atoms in total. The third-order valence-electron chi connectivity index (χ3n) is 1.88. The fourth-order valence-corrected chi connectivity index (χ4v) is 1.11. The summed E-state index contributed by atoms with van der Waals surface area (Å²) in [5, 5.41) is 8.72. The SMILES string of the molecule is CC(C)(C)C#CCOc1ccc(C(=O)O)cc1. The van der Waals surface area contributed by atoms with Gasteiger partial charge in [-0.3, -0.25) is 0 Å². The smallest absolute Gasteiger partial charge is 0.335 e. The number of carbonyl (C=O) groups is 1. The van der Waals surface area contributed by atoms with E-state index in [-0.39, 0.29) is 11.0 Å². The Morgan fingerprint density at radius 2 is 1.88 bits per heavy atom. The average Bonchev–Trinajstić information content (AvgIpc) is 2.24. The van der Waals surface area contributed by atoms with Gasteiger partial charge in [-0.25, -0.2) is 4.79 Å². The molecule has 0 amide bonds. The first-order chi connectivity index (χ1) is 7.88. The van der Waals surface area contributed by atoms with Crippen LogP contribution < -0.4 is 4.74 Å². The zero-order valence-corrected chi connectivity index (χ0v) is 10.3. The van der Waals surface area contributed by atoms with Gasteiger partial charge in [0, 0.05) is 5.41 Å². The van der Waals surface area contributed by atoms with Gasteiger partial charge in [-0.15, -0.1) is 0 Å². The summed E-state index contributed by atoms with van der Waals surface area (Å²) in [7, 11) is 0. The molecule has 0 aliphatic heterocycles. The van der Waals surface area contributed by atoms with Crippen molar-refractivity contribution >= 4 is 5.97 Å². The van der Waals surface area contributed by atoms with E-state index in [9.17, 15) is 4.79 Å². The monoisotopic (exact) mass is 232 g/mol. The molecule has 0 heterocycles. The molecule has 0 bridgehead atoms. The van der Waals surface area contributed by atoms with Crippen molar-refractivity contribution in [3.05, 3.63) is 29.8 Å². The molecule has 0 aliphatic carbocycles. The molecule has 1 aromatic carbocycles. The molecule has 0 saturated carbocycles. The molecule has 0 fully saturated rings. The van der Waals surface area contributed by atoms with E-state index < -0.39 is 5.97 Å². The number of rotatable bonds is 3. The maximum atomic E-state index is 10.6. The van der Waals surface area contributed by atoms with Crippen LogP contribution in [-0.2, 0) is 0 Å². The number of hydrogen-bond donors (Lipinski definition) is 1. The lowest BCUT2D eigenvalue weighted by Gasteiger charge is -2.07. The number of ether oxygens (including phenoxy) is 1. The fraction of sp³-hybridized carbons (Fsp3) is 0.357. The van der Waals surface area contributed by atoms with Gasteiger partial charge >= 0.3 is 5.97 Å². The topological polar surface area (TPSA) is 46.5 Å². The first-order valence-corrected chi connectivity index (χ1v) is 5.35. The molecule has 0 spiro atoms. The average molecular weight is 232 g/mol. The Hall–Kier alpha value is -1.95. The Morgan fingerprint density at radius 3 is 2.35 bits per heavy atom. The zero-order chi connectivity index (χ0) is 12.9. The van der Waals surface area contributed by atoms with E-state index in [1.807, 2.05) is 20.8 Å². The number of carboxylic acid groups (broad SMARTS) is 1. The third-order valence-corrected chi connectivity index (χ3v) is 1.88. The lowest BCUT2D eigenvalue weighted by molar-refractivity contribution is 0.0697. The summed E-state index contributed by atoms with van der Waals surface area (Å²) < 4.78 is 5.37. The summed E-state index contributed by atoms with van der Waals surface area (Å²) in [6, 6.07) is 6.27. The molecule has 17 heavy (non-hydrogen) atoms. The van der Waals surface area contributed by atoms with Gasteiger partial charge in [0.2, 0.25) is 0 Å². The summed E-state index contributed by atoms with van der Waals surface area (Å²) >= 11 is 0. The first kappa shape index (κ1) is 13.1. The van der Waals surface area contributed by atoms with E-state index in [0.717, 1.165) is 0 Å². The van der Waals surface area contributed by atoms with E-state index in [2.05, 4.69) is 11.8 Å². The van der Waals surface area contributed by atoms with E-state index >= 15 is 0 Å². The molecular weight excluding hydrogens is 216 g/mol. The molecule has 1 rings (SSSR count). The highest BCUT2D eigenvalue weighted by molar-refractivity contribution is 5.87. The molecule has 1 N–H and O–H groups in total. The van der Waals surface area contributed by atoms with Crippen molar-refractivity contribution < 1.29 is 14.6 Å². The minimum absolute atomic E-state index is 0.0312. The largest absolute Gasteiger partial charge is 0.481 e. The van der Waals surface area contributed by atoms with E-state index in [0.29, 0.717) is 12.4 Å². The van der Waals surface area contributed by atoms with Crippen LogP contribution in [0.2, 0.25) is 0 Å². The van der Waals surface area contributed by atoms with Crippen LogP contribution in [0.25, 0.3) is 0 Å². The van der Waals surface area contributed by atoms with Crippen LogP contribution in [0.5, 0.6) is 5.75 Å². The highest BCUT2D eigenvalue weighted by Gasteiger charge is 2.03. The Kier molecular flexibility index (Phi) is 4.17. The second-order valence-corrected chi connectivity index (χ2v) is 4.67. The molecule has 90 valence electrons. The quantitative estimate of drug-likeness (QED) is 0.815. The Balaban J connectivity index is 2.53. The van der Waals surface area contributed by atoms with Crippen LogP contribution >= 0.6 is 0 Å². The van der Waals surface area contributed by atoms with Gasteiger partial charge < -0.3 is 9.84 Å². The van der Waals surface area contributed by atoms with Crippen molar-refractivity contribution in [1.82, 2.24) is 0 Å². The van der Waals surface area contributed by atoms with E-state index in [1.165, 1.54) is 12.1 Å². The van der Waals surface area contributed by atoms with Crippen LogP contribution in [-0.4, -0.2) is 17.7 Å². The predicted octanol–water partition coefficient (Wildman–Crippen LogP) is 2.81. The summed E-state index contributed by atoms with van der Waals surface area (Å²) in [6.07, 6.45) is 0. The highest BCUT2D eigenvalue weighted by Crippen LogP contribution is 2.12. The lowest BCUT2D eigenvalue weighted by atomic mass is 9.98. The van der Waals surface area contributed by atoms with Gasteiger partial charge in [0.1, 0.15) is 12.4 Å². The number of benzene rings is 1. The number of aromatic carboxylic acids is 1. The molecule has 0 saturated heterocycles. The third kappa shape index (κ3) is 5.07. The minimum atomic E-state index is -0.941. The van der Waals surface area contributed by atoms with Gasteiger partial charge in [-0.2, -0.15) is 0 Å². The summed E-state index contributed by atoms with van der Waals surface area (Å²) in [4.78, 5) is 10.6. The van der Waals surface area contributed by atoms with E-state index in [4.69, 9.17) is 9.84 Å². The van der Waals surface area contributed by atoms with Gasteiger partial charge in [0.15, 0.2) is 0 Å². The molecule has 0 aromatic heterocycles. The maximum Gasteiger partial charge on any atom is 0.335 e. The van der Waals surface area contributed by atoms with Crippen LogP contribution in [0.4, 0.5) is 0 Å². The van der Waals surface area contributed by atoms with Gasteiger partial charge in [-0.1, -0.05) is 11.8 Å². The maximum absolute atomic E-state index is 10.6. The second kappa shape index (κ2) is 5.40. The number of carboxylic acids is 1. The zero-order valence-electron chi connectivity index (χ0n) is 10.3. The minimum Gasteiger partial charge on any atom is -0.481 e. The van der Waals surface area contributed by atoms with Gasteiger partial charge in [-0.05, 0) is 45.0 Å². The van der Waals surface area contributed by atoms with Crippen LogP contribution in [0.15, 0.2) is 24.3 Å². The molecule has 0 unspecified atom stereocenters. The second-order valence-electron chi connectivity index (χ2n) is 4.67. The van der Waals surface area contributed by atoms with Crippen molar-refractivity contribution in [2.75, 3.05) is 6.61 Å². The van der Waals surface area contributed by atoms with Crippen molar-refractivity contribution in [2.24, 2.45) is 5.41 Å². The predicted molar refractivity (Wildman–Crippen MR) is 66.1 cm³/mol. The normalized spacial score (nSPS) is 10.3. The Morgan fingerprint density at radius 1 is 1.29 bits per heavy atom. The van der Waals surface area contributed by atoms with Crippen molar-refractivity contribution in [3.63, 3.8) is 0 Å². The summed E-state index contributed by atoms with van der Waals surface area (Å²) in [5.74, 6) is 5.66. The summed E-state index contributed by atoms with van der Waals surface area (Å²) in [6.45, 7) is 6.40.